The minimum absolute atomic E-state index is 0.0750. The van der Waals surface area contributed by atoms with Crippen molar-refractivity contribution in [2.24, 2.45) is 5.73 Å². The number of nitrogens with zero attached hydrogens (tertiary/aromatic N) is 1. The lowest BCUT2D eigenvalue weighted by atomic mass is 9.97. The number of carbonyl (C=O) groups excluding carboxylic acids is 2. The number of carbonyl (C=O) groups is 3. The minimum Gasteiger partial charge on any atom is -0.479 e. The molecule has 146 valence electrons. The molecule has 0 spiro atoms. The van der Waals surface area contributed by atoms with Gasteiger partial charge in [0.15, 0.2) is 5.13 Å². The van der Waals surface area contributed by atoms with Crippen LogP contribution in [-0.2, 0) is 24.6 Å². The lowest BCUT2D eigenvalue weighted by Gasteiger charge is -2.26. The number of aliphatic carboxylic acids is 1. The minimum atomic E-state index is -2.55. The maximum atomic E-state index is 12.2. The number of aromatic nitrogens is 1. The molecule has 0 radical (unpaired) electrons. The first-order valence-electron chi connectivity index (χ1n) is 6.87. The molecule has 1 amide bonds. The van der Waals surface area contributed by atoms with E-state index in [1.165, 1.54) is 5.38 Å². The Bertz CT molecular complexity index is 700. The van der Waals surface area contributed by atoms with E-state index in [1.807, 2.05) is 0 Å². The first-order chi connectivity index (χ1) is 11.6. The van der Waals surface area contributed by atoms with Gasteiger partial charge in [-0.05, 0) is 20.8 Å². The predicted molar refractivity (Wildman–Crippen MR) is 96.7 cm³/mol. The molecule has 0 aromatic carbocycles. The van der Waals surface area contributed by atoms with Crippen molar-refractivity contribution in [3.05, 3.63) is 11.1 Å². The maximum absolute atomic E-state index is 12.2. The number of ether oxygens (including phenoxy) is 2. The van der Waals surface area contributed by atoms with Crippen LogP contribution >= 0.6 is 46.1 Å². The maximum Gasteiger partial charge on any atom is 0.413 e. The highest BCUT2D eigenvalue weighted by atomic mass is 35.6. The molecule has 1 heterocycles. The normalized spacial score (nSPS) is 14.3. The van der Waals surface area contributed by atoms with Crippen LogP contribution < -0.4 is 11.1 Å². The third-order valence-electron chi connectivity index (χ3n) is 2.54. The van der Waals surface area contributed by atoms with E-state index in [1.54, 1.807) is 20.8 Å². The van der Waals surface area contributed by atoms with Crippen molar-refractivity contribution in [1.29, 1.82) is 0 Å². The Morgan fingerprint density at radius 3 is 2.35 bits per heavy atom. The first-order valence-corrected chi connectivity index (χ1v) is 8.89. The number of carboxylic acid groups (broad SMARTS) is 1. The smallest absolute Gasteiger partial charge is 0.413 e. The number of thiazole rings is 1. The summed E-state index contributed by atoms with van der Waals surface area (Å²) in [6.07, 6.45) is -0.993. The standard InChI is InChI=1S/C13H16Cl3N3O6S/c1-11(2,3)25-8(22)13(17,7(20)21)6-4-26-9(18-6)19-10(23)24-5-12(14,15)16/h4H,5,17H2,1-3H3,(H,20,21)(H,18,19,23)/t13-/m0/s1. The molecule has 1 rings (SSSR count). The van der Waals surface area contributed by atoms with E-state index < -0.39 is 39.6 Å². The zero-order chi connectivity index (χ0) is 20.3. The molecule has 0 bridgehead atoms. The highest BCUT2D eigenvalue weighted by molar-refractivity contribution is 7.14. The molecule has 0 aliphatic rings. The predicted octanol–water partition coefficient (Wildman–Crippen LogP) is 2.64. The van der Waals surface area contributed by atoms with Gasteiger partial charge in [0.25, 0.3) is 5.54 Å². The van der Waals surface area contributed by atoms with E-state index in [9.17, 15) is 19.5 Å². The molecule has 1 aromatic rings. The number of nitrogens with one attached hydrogen (secondary N) is 1. The van der Waals surface area contributed by atoms with E-state index in [0.717, 1.165) is 11.3 Å². The van der Waals surface area contributed by atoms with E-state index in [-0.39, 0.29) is 10.8 Å². The van der Waals surface area contributed by atoms with Crippen LogP contribution in [0.15, 0.2) is 5.38 Å². The Morgan fingerprint density at radius 2 is 1.88 bits per heavy atom. The molecule has 1 aromatic heterocycles. The summed E-state index contributed by atoms with van der Waals surface area (Å²) >= 11 is 17.2. The number of anilines is 1. The van der Waals surface area contributed by atoms with Crippen molar-refractivity contribution in [3.63, 3.8) is 0 Å². The molecule has 0 saturated carbocycles. The summed E-state index contributed by atoms with van der Waals surface area (Å²) in [7, 11) is 0. The lowest BCUT2D eigenvalue weighted by Crippen LogP contribution is -2.54. The van der Waals surface area contributed by atoms with Crippen LogP contribution in [0.5, 0.6) is 0 Å². The third kappa shape index (κ3) is 6.44. The van der Waals surface area contributed by atoms with Crippen molar-refractivity contribution in [3.8, 4) is 0 Å². The Balaban J connectivity index is 2.95. The fraction of sp³-hybridized carbons (Fsp3) is 0.538. The van der Waals surface area contributed by atoms with Gasteiger partial charge in [-0.25, -0.2) is 19.4 Å². The van der Waals surface area contributed by atoms with Gasteiger partial charge < -0.3 is 20.3 Å². The summed E-state index contributed by atoms with van der Waals surface area (Å²) in [6.45, 7) is 4.15. The van der Waals surface area contributed by atoms with Crippen molar-refractivity contribution in [1.82, 2.24) is 4.98 Å². The molecule has 1 atom stereocenters. The largest absolute Gasteiger partial charge is 0.479 e. The van der Waals surface area contributed by atoms with Gasteiger partial charge in [-0.1, -0.05) is 34.8 Å². The SMILES string of the molecule is CC(C)(C)OC(=O)[C@@](N)(C(=O)O)c1csc(NC(=O)OCC(Cl)(Cl)Cl)n1. The van der Waals surface area contributed by atoms with Gasteiger partial charge in [-0.3, -0.25) is 5.32 Å². The van der Waals surface area contributed by atoms with Crippen LogP contribution in [0.25, 0.3) is 0 Å². The summed E-state index contributed by atoms with van der Waals surface area (Å²) in [4.78, 5) is 39.3. The van der Waals surface area contributed by atoms with Gasteiger partial charge in [0.05, 0.1) is 5.69 Å². The quantitative estimate of drug-likeness (QED) is 0.354. The van der Waals surface area contributed by atoms with Crippen molar-refractivity contribution >= 4 is 69.3 Å². The topological polar surface area (TPSA) is 141 Å². The van der Waals surface area contributed by atoms with Crippen molar-refractivity contribution in [2.45, 2.75) is 35.7 Å². The summed E-state index contributed by atoms with van der Waals surface area (Å²) in [5.74, 6) is -2.87. The Labute approximate surface area is 167 Å². The second-order valence-electron chi connectivity index (χ2n) is 5.97. The van der Waals surface area contributed by atoms with Gasteiger partial charge in [0, 0.05) is 5.38 Å². The molecular weight excluding hydrogens is 433 g/mol. The number of esters is 1. The highest BCUT2D eigenvalue weighted by Gasteiger charge is 2.49. The molecule has 0 aliphatic carbocycles. The molecule has 0 aliphatic heterocycles. The second-order valence-corrected chi connectivity index (χ2v) is 9.34. The highest BCUT2D eigenvalue weighted by Crippen LogP contribution is 2.28. The van der Waals surface area contributed by atoms with Crippen LogP contribution in [0.2, 0.25) is 0 Å². The monoisotopic (exact) mass is 447 g/mol. The number of halogens is 3. The van der Waals surface area contributed by atoms with Crippen LogP contribution in [-0.4, -0.2) is 44.1 Å². The second kappa shape index (κ2) is 8.13. The molecule has 26 heavy (non-hydrogen) atoms. The number of nitrogens with two attached hydrogens (primary N) is 1. The Kier molecular flexibility index (Phi) is 7.11. The van der Waals surface area contributed by atoms with Crippen LogP contribution in [0.4, 0.5) is 9.93 Å². The number of amides is 1. The Hall–Kier alpha value is -1.33. The lowest BCUT2D eigenvalue weighted by molar-refractivity contribution is -0.169. The molecule has 4 N–H and O–H groups in total. The number of hydrogen-bond donors (Lipinski definition) is 3. The first kappa shape index (κ1) is 22.7. The van der Waals surface area contributed by atoms with Gasteiger partial charge in [0.2, 0.25) is 3.79 Å². The van der Waals surface area contributed by atoms with E-state index in [4.69, 9.17) is 45.3 Å². The van der Waals surface area contributed by atoms with Crippen molar-refractivity contribution < 1.29 is 29.0 Å². The van der Waals surface area contributed by atoms with Crippen LogP contribution in [0, 0.1) is 0 Å². The van der Waals surface area contributed by atoms with Crippen LogP contribution in [0.1, 0.15) is 26.5 Å². The molecule has 0 unspecified atom stereocenters. The van der Waals surface area contributed by atoms with E-state index in [2.05, 4.69) is 15.0 Å². The van der Waals surface area contributed by atoms with Gasteiger partial charge in [0.1, 0.15) is 12.2 Å². The zero-order valence-corrected chi connectivity index (χ0v) is 16.9. The molecule has 0 saturated heterocycles. The summed E-state index contributed by atoms with van der Waals surface area (Å²) in [5, 5.41) is 12.7. The summed E-state index contributed by atoms with van der Waals surface area (Å²) in [6, 6.07) is 0. The molecular formula is C13H16Cl3N3O6S. The summed E-state index contributed by atoms with van der Waals surface area (Å²) < 4.78 is 7.90. The average Bonchev–Trinajstić information content (AvgIpc) is 2.90. The number of hydrogen-bond acceptors (Lipinski definition) is 8. The fourth-order valence-corrected chi connectivity index (χ4v) is 2.36. The third-order valence-corrected chi connectivity index (χ3v) is 3.63. The van der Waals surface area contributed by atoms with Crippen LogP contribution in [0.3, 0.4) is 0 Å². The van der Waals surface area contributed by atoms with E-state index in [0.29, 0.717) is 0 Å². The summed E-state index contributed by atoms with van der Waals surface area (Å²) in [5.41, 5.74) is 1.91. The number of alkyl halides is 3. The van der Waals surface area contributed by atoms with Gasteiger partial charge >= 0.3 is 18.0 Å². The number of rotatable bonds is 5. The Morgan fingerprint density at radius 1 is 1.31 bits per heavy atom. The molecule has 9 nitrogen and oxygen atoms in total. The average molecular weight is 449 g/mol. The van der Waals surface area contributed by atoms with Gasteiger partial charge in [-0.2, -0.15) is 0 Å². The van der Waals surface area contributed by atoms with Crippen molar-refractivity contribution in [2.75, 3.05) is 11.9 Å². The molecule has 13 heteroatoms. The fourth-order valence-electron chi connectivity index (χ4n) is 1.44. The zero-order valence-electron chi connectivity index (χ0n) is 13.8. The van der Waals surface area contributed by atoms with Gasteiger partial charge in [-0.15, -0.1) is 11.3 Å². The molecule has 0 fully saturated rings. The van der Waals surface area contributed by atoms with E-state index >= 15 is 0 Å². The number of carboxylic acids is 1.